The smallest absolute Gasteiger partial charge is 0.315 e. The molecule has 0 aliphatic heterocycles. The fourth-order valence-corrected chi connectivity index (χ4v) is 2.87. The Balaban J connectivity index is 2.11. The van der Waals surface area contributed by atoms with E-state index in [1.54, 1.807) is 0 Å². The molecule has 0 atom stereocenters. The van der Waals surface area contributed by atoms with Crippen LogP contribution in [-0.2, 0) is 4.79 Å². The van der Waals surface area contributed by atoms with Crippen molar-refractivity contribution in [2.45, 2.75) is 50.8 Å². The Morgan fingerprint density at radius 3 is 2.42 bits per heavy atom. The van der Waals surface area contributed by atoms with Gasteiger partial charge in [0.25, 0.3) is 0 Å². The van der Waals surface area contributed by atoms with Crippen molar-refractivity contribution in [3.05, 3.63) is 0 Å². The molecule has 0 bridgehead atoms. The van der Waals surface area contributed by atoms with E-state index in [0.29, 0.717) is 24.6 Å². The van der Waals surface area contributed by atoms with Gasteiger partial charge in [-0.05, 0) is 30.9 Å². The third-order valence-corrected chi connectivity index (χ3v) is 4.36. The molecule has 0 spiro atoms. The second kappa shape index (κ2) is 8.30. The lowest BCUT2D eigenvalue weighted by molar-refractivity contribution is -0.142. The number of hydrogen-bond donors (Lipinski definition) is 3. The largest absolute Gasteiger partial charge is 0.481 e. The molecular formula is C13H24N2O3S. The van der Waals surface area contributed by atoms with Crippen LogP contribution in [0, 0.1) is 5.92 Å². The molecule has 0 unspecified atom stereocenters. The third kappa shape index (κ3) is 6.71. The van der Waals surface area contributed by atoms with Gasteiger partial charge in [0.2, 0.25) is 0 Å². The second-order valence-corrected chi connectivity index (χ2v) is 6.89. The number of rotatable bonds is 6. The van der Waals surface area contributed by atoms with Crippen molar-refractivity contribution in [1.29, 1.82) is 0 Å². The molecule has 5 nitrogen and oxygen atoms in total. The Morgan fingerprint density at radius 2 is 1.89 bits per heavy atom. The summed E-state index contributed by atoms with van der Waals surface area (Å²) < 4.78 is 0. The predicted octanol–water partition coefficient (Wildman–Crippen LogP) is 2.07. The minimum absolute atomic E-state index is 0.119. The van der Waals surface area contributed by atoms with E-state index in [1.807, 2.05) is 11.8 Å². The maximum absolute atomic E-state index is 11.6. The van der Waals surface area contributed by atoms with Gasteiger partial charge >= 0.3 is 12.0 Å². The van der Waals surface area contributed by atoms with Crippen LogP contribution < -0.4 is 10.6 Å². The first-order chi connectivity index (χ1) is 8.99. The highest BCUT2D eigenvalue weighted by molar-refractivity contribution is 7.99. The van der Waals surface area contributed by atoms with Gasteiger partial charge < -0.3 is 15.7 Å². The molecule has 0 aromatic carbocycles. The van der Waals surface area contributed by atoms with Crippen LogP contribution in [0.1, 0.15) is 39.5 Å². The van der Waals surface area contributed by atoms with Gasteiger partial charge in [-0.25, -0.2) is 4.79 Å². The summed E-state index contributed by atoms with van der Waals surface area (Å²) in [5, 5.41) is 15.2. The number of amides is 2. The maximum Gasteiger partial charge on any atom is 0.315 e. The van der Waals surface area contributed by atoms with Crippen LogP contribution in [0.2, 0.25) is 0 Å². The van der Waals surface area contributed by atoms with Crippen LogP contribution in [0.4, 0.5) is 4.79 Å². The highest BCUT2D eigenvalue weighted by Gasteiger charge is 2.26. The Bertz CT molecular complexity index is 302. The van der Waals surface area contributed by atoms with Crippen molar-refractivity contribution in [2.75, 3.05) is 12.3 Å². The number of carboxylic acids is 1. The lowest BCUT2D eigenvalue weighted by Crippen LogP contribution is -2.44. The zero-order valence-corrected chi connectivity index (χ0v) is 12.5. The quantitative estimate of drug-likeness (QED) is 0.654. The highest BCUT2D eigenvalue weighted by atomic mass is 32.2. The number of thioether (sulfide) groups is 1. The van der Waals surface area contributed by atoms with Crippen molar-refractivity contribution in [3.8, 4) is 0 Å². The zero-order valence-electron chi connectivity index (χ0n) is 11.6. The Labute approximate surface area is 118 Å². The standard InChI is InChI=1S/C13H24N2O3S/c1-9(2)19-8-7-14-13(18)15-11-5-3-10(4-6-11)12(16)17/h9-11H,3-8H2,1-2H3,(H,16,17)(H2,14,15,18). The molecular weight excluding hydrogens is 264 g/mol. The van der Waals surface area contributed by atoms with E-state index in [2.05, 4.69) is 24.5 Å². The van der Waals surface area contributed by atoms with Crippen LogP contribution in [0.5, 0.6) is 0 Å². The summed E-state index contributed by atoms with van der Waals surface area (Å²) >= 11 is 1.82. The first-order valence-electron chi connectivity index (χ1n) is 6.87. The predicted molar refractivity (Wildman–Crippen MR) is 77.5 cm³/mol. The summed E-state index contributed by atoms with van der Waals surface area (Å²) in [6.07, 6.45) is 2.82. The second-order valence-electron chi connectivity index (χ2n) is 5.21. The van der Waals surface area contributed by atoms with Gasteiger partial charge in [0, 0.05) is 18.3 Å². The summed E-state index contributed by atoms with van der Waals surface area (Å²) in [5.41, 5.74) is 0. The molecule has 1 saturated carbocycles. The molecule has 0 aromatic rings. The molecule has 0 heterocycles. The van der Waals surface area contributed by atoms with E-state index in [0.717, 1.165) is 18.6 Å². The number of carboxylic acid groups (broad SMARTS) is 1. The van der Waals surface area contributed by atoms with Crippen LogP contribution in [0.15, 0.2) is 0 Å². The summed E-state index contributed by atoms with van der Waals surface area (Å²) in [6, 6.07) is -0.0171. The van der Waals surface area contributed by atoms with E-state index in [9.17, 15) is 9.59 Å². The molecule has 2 amide bonds. The normalized spacial score (nSPS) is 23.1. The first-order valence-corrected chi connectivity index (χ1v) is 7.92. The van der Waals surface area contributed by atoms with Crippen LogP contribution in [0.25, 0.3) is 0 Å². The molecule has 0 saturated heterocycles. The molecule has 3 N–H and O–H groups in total. The molecule has 1 aliphatic rings. The van der Waals surface area contributed by atoms with E-state index in [1.165, 1.54) is 0 Å². The van der Waals surface area contributed by atoms with Gasteiger partial charge in [-0.1, -0.05) is 13.8 Å². The summed E-state index contributed by atoms with van der Waals surface area (Å²) in [6.45, 7) is 4.93. The fourth-order valence-electron chi connectivity index (χ4n) is 2.18. The van der Waals surface area contributed by atoms with Crippen LogP contribution in [-0.4, -0.2) is 40.7 Å². The van der Waals surface area contributed by atoms with Crippen LogP contribution in [0.3, 0.4) is 0 Å². The Kier molecular flexibility index (Phi) is 7.05. The molecule has 0 aromatic heterocycles. The SMILES string of the molecule is CC(C)SCCNC(=O)NC1CCC(C(=O)O)CC1. The van der Waals surface area contributed by atoms with E-state index < -0.39 is 5.97 Å². The number of carbonyl (C=O) groups is 2. The van der Waals surface area contributed by atoms with Crippen molar-refractivity contribution in [1.82, 2.24) is 10.6 Å². The van der Waals surface area contributed by atoms with Crippen molar-refractivity contribution in [3.63, 3.8) is 0 Å². The van der Waals surface area contributed by atoms with Gasteiger partial charge in [-0.3, -0.25) is 4.79 Å². The number of urea groups is 1. The van der Waals surface area contributed by atoms with Crippen molar-refractivity contribution < 1.29 is 14.7 Å². The van der Waals surface area contributed by atoms with Gasteiger partial charge in [0.1, 0.15) is 0 Å². The molecule has 110 valence electrons. The Hall–Kier alpha value is -0.910. The summed E-state index contributed by atoms with van der Waals surface area (Å²) in [5.74, 6) is -0.0335. The maximum atomic E-state index is 11.6. The Morgan fingerprint density at radius 1 is 1.26 bits per heavy atom. The lowest BCUT2D eigenvalue weighted by atomic mass is 9.86. The van der Waals surface area contributed by atoms with Gasteiger partial charge in [-0.2, -0.15) is 11.8 Å². The van der Waals surface area contributed by atoms with Gasteiger partial charge in [0.15, 0.2) is 0 Å². The molecule has 1 rings (SSSR count). The van der Waals surface area contributed by atoms with Crippen molar-refractivity contribution >= 4 is 23.8 Å². The third-order valence-electron chi connectivity index (χ3n) is 3.25. The first kappa shape index (κ1) is 16.1. The average molecular weight is 288 g/mol. The molecule has 1 aliphatic carbocycles. The summed E-state index contributed by atoms with van der Waals surface area (Å²) in [7, 11) is 0. The monoisotopic (exact) mass is 288 g/mol. The fraction of sp³-hybridized carbons (Fsp3) is 0.846. The summed E-state index contributed by atoms with van der Waals surface area (Å²) in [4.78, 5) is 22.4. The number of nitrogens with one attached hydrogen (secondary N) is 2. The van der Waals surface area contributed by atoms with Crippen LogP contribution >= 0.6 is 11.8 Å². The average Bonchev–Trinajstić information content (AvgIpc) is 2.35. The molecule has 6 heteroatoms. The number of aliphatic carboxylic acids is 1. The molecule has 1 fully saturated rings. The van der Waals surface area contributed by atoms with E-state index in [-0.39, 0.29) is 18.0 Å². The minimum atomic E-state index is -0.714. The zero-order chi connectivity index (χ0) is 14.3. The van der Waals surface area contributed by atoms with Gasteiger partial charge in [-0.15, -0.1) is 0 Å². The molecule has 0 radical (unpaired) electrons. The molecule has 19 heavy (non-hydrogen) atoms. The van der Waals surface area contributed by atoms with E-state index in [4.69, 9.17) is 5.11 Å². The lowest BCUT2D eigenvalue weighted by Gasteiger charge is -2.26. The van der Waals surface area contributed by atoms with Gasteiger partial charge in [0.05, 0.1) is 5.92 Å². The topological polar surface area (TPSA) is 78.4 Å². The minimum Gasteiger partial charge on any atom is -0.481 e. The number of carbonyl (C=O) groups excluding carboxylic acids is 1. The number of hydrogen-bond acceptors (Lipinski definition) is 3. The highest BCUT2D eigenvalue weighted by Crippen LogP contribution is 2.24. The van der Waals surface area contributed by atoms with E-state index >= 15 is 0 Å². The van der Waals surface area contributed by atoms with Crippen molar-refractivity contribution in [2.24, 2.45) is 5.92 Å².